The molecule has 0 bridgehead atoms. The predicted molar refractivity (Wildman–Crippen MR) is 382 cm³/mol. The maximum absolute atomic E-state index is 12.4. The largest absolute Gasteiger partial charge is 0.481 e. The van der Waals surface area contributed by atoms with Crippen molar-refractivity contribution in [1.82, 2.24) is 26.6 Å². The SMILES string of the molecule is CC(C)(C)C(=O)CCC(NC(=O)CCCCCCCCCCCCCCCCC(=O)O)C(=O)O.CC(C)(C)C(=O)COCCOCCNC(=O)CCC(NC(=O)COCCOCCNC(=O)CCC(=O)CCC(NC(=O)CCCCCCCCCCCCCCCCC(=O)O)C(=O)O)C(=O)O. The molecule has 0 aromatic rings. The van der Waals surface area contributed by atoms with Gasteiger partial charge in [0.2, 0.25) is 29.5 Å². The lowest BCUT2D eigenvalue weighted by atomic mass is 9.87. The maximum atomic E-state index is 12.4. The van der Waals surface area contributed by atoms with Gasteiger partial charge in [-0.1, -0.05) is 196 Å². The van der Waals surface area contributed by atoms with Gasteiger partial charge in [-0.2, -0.15) is 0 Å². The topological polar surface area (TPSA) is 420 Å². The second kappa shape index (κ2) is 63.3. The number of carboxylic acid groups (broad SMARTS) is 5. The van der Waals surface area contributed by atoms with E-state index in [0.717, 1.165) is 96.3 Å². The zero-order chi connectivity index (χ0) is 76.0. The lowest BCUT2D eigenvalue weighted by molar-refractivity contribution is -0.143. The summed E-state index contributed by atoms with van der Waals surface area (Å²) < 4.78 is 21.2. The second-order valence-corrected chi connectivity index (χ2v) is 28.1. The van der Waals surface area contributed by atoms with Crippen LogP contribution >= 0.6 is 0 Å². The van der Waals surface area contributed by atoms with Crippen LogP contribution in [0.3, 0.4) is 0 Å². The molecular formula is C74H131N5O22. The minimum absolute atomic E-state index is 0.00161. The molecule has 0 saturated heterocycles. The number of ether oxygens (including phenoxy) is 4. The predicted octanol–water partition coefficient (Wildman–Crippen LogP) is 10.6. The molecule has 0 fully saturated rings. The number of carbonyl (C=O) groups is 13. The molecule has 0 spiro atoms. The van der Waals surface area contributed by atoms with Crippen LogP contribution in [0.4, 0.5) is 0 Å². The van der Waals surface area contributed by atoms with Crippen molar-refractivity contribution >= 4 is 76.7 Å². The van der Waals surface area contributed by atoms with Crippen LogP contribution in [0.15, 0.2) is 0 Å². The van der Waals surface area contributed by atoms with Gasteiger partial charge >= 0.3 is 29.8 Å². The molecule has 0 aliphatic heterocycles. The Kier molecular flexibility index (Phi) is 60.5. The number of rotatable bonds is 68. The van der Waals surface area contributed by atoms with Gasteiger partial charge < -0.3 is 71.1 Å². The molecule has 0 saturated carbocycles. The third-order valence-corrected chi connectivity index (χ3v) is 16.7. The van der Waals surface area contributed by atoms with Crippen LogP contribution in [-0.4, -0.2) is 186 Å². The van der Waals surface area contributed by atoms with E-state index in [0.29, 0.717) is 19.3 Å². The van der Waals surface area contributed by atoms with Gasteiger partial charge in [0.05, 0.1) is 39.6 Å². The summed E-state index contributed by atoms with van der Waals surface area (Å²) in [7, 11) is 0. The van der Waals surface area contributed by atoms with Gasteiger partial charge in [0.1, 0.15) is 42.9 Å². The van der Waals surface area contributed by atoms with Gasteiger partial charge in [-0.05, 0) is 44.9 Å². The Morgan fingerprint density at radius 1 is 0.277 bits per heavy atom. The number of hydrogen-bond acceptors (Lipinski definition) is 17. The van der Waals surface area contributed by atoms with Crippen molar-refractivity contribution < 1.29 is 107 Å². The van der Waals surface area contributed by atoms with E-state index in [4.69, 9.17) is 29.2 Å². The normalized spacial score (nSPS) is 12.2. The molecule has 3 atom stereocenters. The maximum Gasteiger partial charge on any atom is 0.326 e. The highest BCUT2D eigenvalue weighted by Gasteiger charge is 2.27. The van der Waals surface area contributed by atoms with Gasteiger partial charge in [0.25, 0.3) is 0 Å². The van der Waals surface area contributed by atoms with Crippen LogP contribution in [0.5, 0.6) is 0 Å². The number of carbonyl (C=O) groups excluding carboxylic acids is 8. The number of nitrogens with one attached hydrogen (secondary N) is 5. The molecule has 0 aliphatic carbocycles. The third kappa shape index (κ3) is 65.3. The molecule has 3 unspecified atom stereocenters. The van der Waals surface area contributed by atoms with Crippen molar-refractivity contribution in [3.63, 3.8) is 0 Å². The molecule has 0 radical (unpaired) electrons. The average molecular weight is 1440 g/mol. The molecule has 27 nitrogen and oxygen atoms in total. The lowest BCUT2D eigenvalue weighted by Crippen LogP contribution is -2.43. The molecule has 0 heterocycles. The molecule has 584 valence electrons. The Morgan fingerprint density at radius 2 is 0.564 bits per heavy atom. The molecule has 0 aliphatic rings. The van der Waals surface area contributed by atoms with Crippen molar-refractivity contribution in [2.24, 2.45) is 10.8 Å². The zero-order valence-electron chi connectivity index (χ0n) is 62.3. The van der Waals surface area contributed by atoms with Crippen molar-refractivity contribution in [1.29, 1.82) is 0 Å². The van der Waals surface area contributed by atoms with E-state index in [9.17, 15) is 77.6 Å². The quantitative estimate of drug-likeness (QED) is 0.0253. The first kappa shape index (κ1) is 96.6. The van der Waals surface area contributed by atoms with Gasteiger partial charge in [0.15, 0.2) is 5.78 Å². The summed E-state index contributed by atoms with van der Waals surface area (Å²) in [5.41, 5.74) is -0.983. The number of ketones is 3. The van der Waals surface area contributed by atoms with Gasteiger partial charge in [-0.3, -0.25) is 47.9 Å². The third-order valence-electron chi connectivity index (χ3n) is 16.7. The molecule has 0 aromatic heterocycles. The monoisotopic (exact) mass is 1440 g/mol. The van der Waals surface area contributed by atoms with Gasteiger partial charge in [-0.25, -0.2) is 14.4 Å². The van der Waals surface area contributed by atoms with Crippen LogP contribution in [0.2, 0.25) is 0 Å². The van der Waals surface area contributed by atoms with E-state index < -0.39 is 83.1 Å². The first-order valence-electron chi connectivity index (χ1n) is 37.4. The Morgan fingerprint density at radius 3 is 0.901 bits per heavy atom. The van der Waals surface area contributed by atoms with Crippen LogP contribution in [-0.2, 0) is 81.3 Å². The first-order chi connectivity index (χ1) is 48.0. The van der Waals surface area contributed by atoms with Gasteiger partial charge in [-0.15, -0.1) is 0 Å². The average Bonchev–Trinajstić information content (AvgIpc) is 0.967. The van der Waals surface area contributed by atoms with Crippen LogP contribution in [0.25, 0.3) is 0 Å². The summed E-state index contributed by atoms with van der Waals surface area (Å²) in [5.74, 6) is -7.51. The van der Waals surface area contributed by atoms with Crippen LogP contribution in [0, 0.1) is 10.8 Å². The number of amides is 5. The number of aliphatic carboxylic acids is 5. The molecule has 101 heavy (non-hydrogen) atoms. The number of Topliss-reactive ketones (excluding diaryl/α,β-unsaturated/α-hetero) is 3. The van der Waals surface area contributed by atoms with Crippen molar-refractivity contribution in [2.45, 2.75) is 317 Å². The van der Waals surface area contributed by atoms with E-state index in [2.05, 4.69) is 26.6 Å². The minimum atomic E-state index is -1.31. The summed E-state index contributed by atoms with van der Waals surface area (Å²) in [6, 6.07) is -3.51. The summed E-state index contributed by atoms with van der Waals surface area (Å²) in [6.45, 7) is 11.5. The summed E-state index contributed by atoms with van der Waals surface area (Å²) in [6.07, 6.45) is 31.1. The van der Waals surface area contributed by atoms with Gasteiger partial charge in [0, 0.05) is 81.7 Å². The smallest absolute Gasteiger partial charge is 0.326 e. The van der Waals surface area contributed by atoms with Crippen molar-refractivity contribution in [2.75, 3.05) is 65.9 Å². The van der Waals surface area contributed by atoms with E-state index >= 15 is 0 Å². The Hall–Kier alpha value is -6.45. The summed E-state index contributed by atoms with van der Waals surface area (Å²) >= 11 is 0. The zero-order valence-corrected chi connectivity index (χ0v) is 62.3. The standard InChI is InChI=1S/C47H82N4O16.C27H49NO6/c1-47(2,3)39(53)34-66-32-30-64-29-27-49-41(55)25-23-38(46(62)63)51-43(57)35-67-33-31-65-28-26-48-40(54)24-21-36(52)20-22-37(45(60)61)50-42(56)18-16-14-12-10-8-6-4-5-7-9-11-13-15-17-19-44(58)59;1-27(2,3)23(29)21-20-22(26(33)34)28-24(30)18-16-14-12-10-8-6-4-5-7-9-11-13-15-17-19-25(31)32/h37-38H,4-35H2,1-3H3,(H,48,54)(H,49,55)(H,50,56)(H,51,57)(H,58,59)(H,60,61)(H,62,63);22H,4-21H2,1-3H3,(H,28,30)(H,31,32)(H,33,34). The van der Waals surface area contributed by atoms with Crippen molar-refractivity contribution in [3.8, 4) is 0 Å². The molecule has 5 amide bonds. The highest BCUT2D eigenvalue weighted by atomic mass is 16.5. The number of hydrogen-bond donors (Lipinski definition) is 10. The number of unbranched alkanes of at least 4 members (excludes halogenated alkanes) is 26. The van der Waals surface area contributed by atoms with E-state index in [1.807, 2.05) is 0 Å². The minimum Gasteiger partial charge on any atom is -0.481 e. The highest BCUT2D eigenvalue weighted by Crippen LogP contribution is 2.20. The Labute approximate surface area is 601 Å². The molecule has 10 N–H and O–H groups in total. The summed E-state index contributed by atoms with van der Waals surface area (Å²) in [5, 5.41) is 58.1. The summed E-state index contributed by atoms with van der Waals surface area (Å²) in [4.78, 5) is 153. The van der Waals surface area contributed by atoms with E-state index in [1.54, 1.807) is 41.5 Å². The highest BCUT2D eigenvalue weighted by molar-refractivity contribution is 5.88. The molecule has 0 aromatic carbocycles. The Bertz CT molecular complexity index is 2340. The lowest BCUT2D eigenvalue weighted by Gasteiger charge is -2.19. The van der Waals surface area contributed by atoms with E-state index in [1.165, 1.54) is 77.0 Å². The first-order valence-corrected chi connectivity index (χ1v) is 37.4. The molecule has 27 heteroatoms. The fourth-order valence-electron chi connectivity index (χ4n) is 10.2. The fraction of sp³-hybridized carbons (Fsp3) is 0.824. The van der Waals surface area contributed by atoms with E-state index in [-0.39, 0.29) is 153 Å². The fourth-order valence-corrected chi connectivity index (χ4v) is 10.2. The Balaban J connectivity index is 0. The molecular weight excluding hydrogens is 1310 g/mol. The van der Waals surface area contributed by atoms with Crippen molar-refractivity contribution in [3.05, 3.63) is 0 Å². The number of carboxylic acids is 5. The van der Waals surface area contributed by atoms with Crippen LogP contribution < -0.4 is 26.6 Å². The van der Waals surface area contributed by atoms with Crippen LogP contribution in [0.1, 0.15) is 298 Å². The molecule has 0 rings (SSSR count). The second-order valence-electron chi connectivity index (χ2n) is 28.1.